The van der Waals surface area contributed by atoms with E-state index in [1.807, 2.05) is 73.7 Å². The van der Waals surface area contributed by atoms with Crippen LogP contribution in [-0.4, -0.2) is 24.9 Å². The van der Waals surface area contributed by atoms with Gasteiger partial charge in [-0.3, -0.25) is 0 Å². The summed E-state index contributed by atoms with van der Waals surface area (Å²) in [7, 11) is 1.65. The molecule has 160 valence electrons. The average Bonchev–Trinajstić information content (AvgIpc) is 2.78. The van der Waals surface area contributed by atoms with Crippen LogP contribution in [0.25, 0.3) is 0 Å². The Bertz CT molecular complexity index is 874. The molecule has 2 N–H and O–H groups in total. The Labute approximate surface area is 185 Å². The van der Waals surface area contributed by atoms with Crippen LogP contribution in [0.5, 0.6) is 11.5 Å². The number of aliphatic hydroxyl groups is 1. The highest BCUT2D eigenvalue weighted by molar-refractivity contribution is 5.85. The van der Waals surface area contributed by atoms with Crippen LogP contribution < -0.4 is 14.8 Å². The van der Waals surface area contributed by atoms with E-state index in [9.17, 15) is 5.11 Å². The van der Waals surface area contributed by atoms with Gasteiger partial charge in [-0.2, -0.15) is 0 Å². The number of rotatable bonds is 10. The molecule has 0 bridgehead atoms. The lowest BCUT2D eigenvalue weighted by molar-refractivity contribution is 0.135. The average molecular weight is 428 g/mol. The predicted octanol–water partition coefficient (Wildman–Crippen LogP) is 4.95. The summed E-state index contributed by atoms with van der Waals surface area (Å²) < 4.78 is 11.4. The van der Waals surface area contributed by atoms with Crippen molar-refractivity contribution in [2.75, 3.05) is 13.7 Å². The van der Waals surface area contributed by atoms with Gasteiger partial charge < -0.3 is 19.9 Å². The summed E-state index contributed by atoms with van der Waals surface area (Å²) in [6.07, 6.45) is 0.293. The molecule has 0 fully saturated rings. The lowest BCUT2D eigenvalue weighted by Gasteiger charge is -2.21. The van der Waals surface area contributed by atoms with Crippen molar-refractivity contribution in [1.82, 2.24) is 5.32 Å². The van der Waals surface area contributed by atoms with Gasteiger partial charge in [-0.15, -0.1) is 12.4 Å². The number of ether oxygens (including phenoxy) is 2. The summed E-state index contributed by atoms with van der Waals surface area (Å²) in [5.41, 5.74) is 3.23. The van der Waals surface area contributed by atoms with E-state index in [1.165, 1.54) is 5.56 Å². The zero-order chi connectivity index (χ0) is 20.5. The van der Waals surface area contributed by atoms with E-state index in [1.54, 1.807) is 7.11 Å². The first kappa shape index (κ1) is 23.7. The third-order valence-corrected chi connectivity index (χ3v) is 4.96. The van der Waals surface area contributed by atoms with Gasteiger partial charge in [0.15, 0.2) is 11.5 Å². The van der Waals surface area contributed by atoms with Crippen molar-refractivity contribution in [2.45, 2.75) is 32.0 Å². The normalized spacial score (nSPS) is 12.5. The summed E-state index contributed by atoms with van der Waals surface area (Å²) in [6.45, 7) is 3.21. The van der Waals surface area contributed by atoms with Gasteiger partial charge in [0.05, 0.1) is 19.8 Å². The largest absolute Gasteiger partial charge is 0.493 e. The van der Waals surface area contributed by atoms with Gasteiger partial charge in [0, 0.05) is 19.0 Å². The van der Waals surface area contributed by atoms with E-state index in [-0.39, 0.29) is 18.4 Å². The molecule has 0 spiro atoms. The summed E-state index contributed by atoms with van der Waals surface area (Å²) >= 11 is 0. The molecule has 30 heavy (non-hydrogen) atoms. The fourth-order valence-electron chi connectivity index (χ4n) is 3.19. The molecule has 0 aliphatic heterocycles. The van der Waals surface area contributed by atoms with E-state index >= 15 is 0 Å². The second-order valence-corrected chi connectivity index (χ2v) is 7.09. The molecule has 3 aromatic rings. The molecular formula is C25H30ClNO3. The quantitative estimate of drug-likeness (QED) is 0.480. The highest BCUT2D eigenvalue weighted by Crippen LogP contribution is 2.28. The standard InChI is InChI=1S/C25H29NO3.ClH/c1-19(25(27)22-11-7-4-8-12-22)26-18-21-13-14-23(24(17-21)28-2)29-16-15-20-9-5-3-6-10-20;/h3-14,17,19,25-27H,15-16,18H2,1-2H3;1H. The van der Waals surface area contributed by atoms with Crippen molar-refractivity contribution in [3.63, 3.8) is 0 Å². The monoisotopic (exact) mass is 427 g/mol. The first-order chi connectivity index (χ1) is 14.2. The van der Waals surface area contributed by atoms with Crippen molar-refractivity contribution in [3.05, 3.63) is 95.6 Å². The lowest BCUT2D eigenvalue weighted by atomic mass is 10.0. The molecule has 0 aliphatic rings. The number of hydrogen-bond acceptors (Lipinski definition) is 4. The minimum atomic E-state index is -0.557. The fourth-order valence-corrected chi connectivity index (χ4v) is 3.19. The minimum absolute atomic E-state index is 0. The molecule has 0 amide bonds. The number of benzene rings is 3. The van der Waals surface area contributed by atoms with Crippen molar-refractivity contribution < 1.29 is 14.6 Å². The number of nitrogens with one attached hydrogen (secondary N) is 1. The van der Waals surface area contributed by atoms with Crippen LogP contribution in [0.3, 0.4) is 0 Å². The van der Waals surface area contributed by atoms with Crippen LogP contribution in [0.2, 0.25) is 0 Å². The summed E-state index contributed by atoms with van der Waals surface area (Å²) in [5.74, 6) is 1.46. The molecule has 0 heterocycles. The summed E-state index contributed by atoms with van der Waals surface area (Å²) in [6, 6.07) is 25.8. The third kappa shape index (κ3) is 6.77. The second kappa shape index (κ2) is 12.2. The van der Waals surface area contributed by atoms with Gasteiger partial charge in [-0.1, -0.05) is 66.7 Å². The van der Waals surface area contributed by atoms with Gasteiger partial charge in [0.25, 0.3) is 0 Å². The topological polar surface area (TPSA) is 50.7 Å². The van der Waals surface area contributed by atoms with Gasteiger partial charge in [-0.05, 0) is 35.7 Å². The molecule has 0 radical (unpaired) electrons. The van der Waals surface area contributed by atoms with E-state index in [2.05, 4.69) is 17.4 Å². The highest BCUT2D eigenvalue weighted by atomic mass is 35.5. The SMILES string of the molecule is COc1cc(CNC(C)C(O)c2ccccc2)ccc1OCCc1ccccc1.Cl. The van der Waals surface area contributed by atoms with Gasteiger partial charge >= 0.3 is 0 Å². The third-order valence-electron chi connectivity index (χ3n) is 4.96. The fraction of sp³-hybridized carbons (Fsp3) is 0.280. The van der Waals surface area contributed by atoms with Crippen LogP contribution >= 0.6 is 12.4 Å². The molecule has 2 atom stereocenters. The minimum Gasteiger partial charge on any atom is -0.493 e. The Hall–Kier alpha value is -2.53. The lowest BCUT2D eigenvalue weighted by Crippen LogP contribution is -2.31. The number of methoxy groups -OCH3 is 1. The van der Waals surface area contributed by atoms with E-state index in [0.29, 0.717) is 18.9 Å². The second-order valence-electron chi connectivity index (χ2n) is 7.09. The van der Waals surface area contributed by atoms with E-state index in [4.69, 9.17) is 9.47 Å². The van der Waals surface area contributed by atoms with Crippen LogP contribution in [0.4, 0.5) is 0 Å². The van der Waals surface area contributed by atoms with Crippen molar-refractivity contribution in [1.29, 1.82) is 0 Å². The molecule has 3 aromatic carbocycles. The Morgan fingerprint density at radius 1 is 0.867 bits per heavy atom. The number of hydrogen-bond donors (Lipinski definition) is 2. The van der Waals surface area contributed by atoms with Gasteiger partial charge in [0.1, 0.15) is 0 Å². The first-order valence-electron chi connectivity index (χ1n) is 9.97. The maximum atomic E-state index is 10.5. The zero-order valence-corrected chi connectivity index (χ0v) is 18.3. The van der Waals surface area contributed by atoms with Crippen molar-refractivity contribution in [3.8, 4) is 11.5 Å². The Kier molecular flexibility index (Phi) is 9.68. The molecule has 0 aromatic heterocycles. The van der Waals surface area contributed by atoms with E-state index < -0.39 is 6.10 Å². The summed E-state index contributed by atoms with van der Waals surface area (Å²) in [5, 5.41) is 13.9. The molecule has 5 heteroatoms. The van der Waals surface area contributed by atoms with Gasteiger partial charge in [-0.25, -0.2) is 0 Å². The molecule has 4 nitrogen and oxygen atoms in total. The first-order valence-corrected chi connectivity index (χ1v) is 9.97. The van der Waals surface area contributed by atoms with Crippen LogP contribution in [-0.2, 0) is 13.0 Å². The molecule has 0 saturated carbocycles. The predicted molar refractivity (Wildman–Crippen MR) is 124 cm³/mol. The van der Waals surface area contributed by atoms with Gasteiger partial charge in [0.2, 0.25) is 0 Å². The van der Waals surface area contributed by atoms with Crippen LogP contribution in [0, 0.1) is 0 Å². The molecule has 0 aliphatic carbocycles. The van der Waals surface area contributed by atoms with Crippen molar-refractivity contribution >= 4 is 12.4 Å². The zero-order valence-electron chi connectivity index (χ0n) is 17.5. The Morgan fingerprint density at radius 2 is 1.53 bits per heavy atom. The molecule has 0 saturated heterocycles. The van der Waals surface area contributed by atoms with Crippen molar-refractivity contribution in [2.24, 2.45) is 0 Å². The number of aliphatic hydroxyl groups excluding tert-OH is 1. The number of halogens is 1. The molecule has 2 unspecified atom stereocenters. The maximum Gasteiger partial charge on any atom is 0.161 e. The van der Waals surface area contributed by atoms with Crippen LogP contribution in [0.1, 0.15) is 29.7 Å². The Balaban J connectivity index is 0.00000320. The highest BCUT2D eigenvalue weighted by Gasteiger charge is 2.16. The van der Waals surface area contributed by atoms with E-state index in [0.717, 1.165) is 23.3 Å². The molecular weight excluding hydrogens is 398 g/mol. The van der Waals surface area contributed by atoms with Crippen LogP contribution in [0.15, 0.2) is 78.9 Å². The smallest absolute Gasteiger partial charge is 0.161 e. The maximum absolute atomic E-state index is 10.5. The molecule has 3 rings (SSSR count). The Morgan fingerprint density at radius 3 is 2.20 bits per heavy atom. The summed E-state index contributed by atoms with van der Waals surface area (Å²) in [4.78, 5) is 0.